The molecular weight excluding hydrogens is 312 g/mol. The van der Waals surface area contributed by atoms with E-state index in [0.29, 0.717) is 0 Å². The summed E-state index contributed by atoms with van der Waals surface area (Å²) in [5.74, 6) is -2.76. The molecule has 0 atom stereocenters. The van der Waals surface area contributed by atoms with Crippen LogP contribution in [-0.2, 0) is 20.2 Å². The summed E-state index contributed by atoms with van der Waals surface area (Å²) in [5.41, 5.74) is -0.755. The van der Waals surface area contributed by atoms with Crippen molar-refractivity contribution >= 4 is 31.8 Å². The molecule has 1 aromatic rings. The van der Waals surface area contributed by atoms with E-state index in [1.807, 2.05) is 0 Å². The van der Waals surface area contributed by atoms with Crippen molar-refractivity contribution in [3.63, 3.8) is 0 Å². The van der Waals surface area contributed by atoms with Gasteiger partial charge in [-0.05, 0) is 0 Å². The Bertz CT molecular complexity index is 801. The summed E-state index contributed by atoms with van der Waals surface area (Å²) in [4.78, 5) is 20.6. The summed E-state index contributed by atoms with van der Waals surface area (Å²) in [7, 11) is -10.6. The largest absolute Gasteiger partial charge is 0.300 e. The molecule has 0 radical (unpaired) electrons. The van der Waals surface area contributed by atoms with Crippen molar-refractivity contribution in [2.75, 3.05) is 0 Å². The molecule has 0 heterocycles. The van der Waals surface area contributed by atoms with Crippen LogP contribution in [0.25, 0.3) is 0 Å². The number of rotatable bonds is 2. The Labute approximate surface area is 113 Å². The second-order valence-electron chi connectivity index (χ2n) is 3.81. The van der Waals surface area contributed by atoms with Crippen LogP contribution in [0.5, 0.6) is 0 Å². The molecule has 8 nitrogen and oxygen atoms in total. The number of hydrogen-bond acceptors (Lipinski definition) is 6. The number of carbonyl (C=O) groups excluding carboxylic acids is 2. The van der Waals surface area contributed by atoms with Gasteiger partial charge in [0.1, 0.15) is 0 Å². The minimum absolute atomic E-state index is 0.377. The maximum atomic E-state index is 11.9. The van der Waals surface area contributed by atoms with Crippen molar-refractivity contribution in [2.45, 2.75) is 0 Å². The predicted octanol–water partition coefficient (Wildman–Crippen LogP) is 0.0528. The molecule has 0 aromatic heterocycles. The number of ketones is 2. The number of allylic oxidation sites excluding steroid dienone is 2. The minimum atomic E-state index is -5.31. The van der Waals surface area contributed by atoms with E-state index in [9.17, 15) is 26.4 Å². The average Bonchev–Trinajstić information content (AvgIpc) is 2.30. The topological polar surface area (TPSA) is 143 Å². The van der Waals surface area contributed by atoms with Gasteiger partial charge in [-0.15, -0.1) is 0 Å². The minimum Gasteiger partial charge on any atom is -0.288 e. The highest BCUT2D eigenvalue weighted by atomic mass is 32.2. The van der Waals surface area contributed by atoms with Crippen LogP contribution in [0.3, 0.4) is 0 Å². The van der Waals surface area contributed by atoms with Gasteiger partial charge in [0.15, 0.2) is 9.81 Å². The van der Waals surface area contributed by atoms with Crippen LogP contribution in [0.15, 0.2) is 34.1 Å². The Morgan fingerprint density at radius 3 is 1.25 bits per heavy atom. The number of carbonyl (C=O) groups is 2. The third kappa shape index (κ3) is 2.18. The molecule has 1 aliphatic carbocycles. The standard InChI is InChI=1S/C10H6O8S2/c11-7-5-3-1-2-4-6(5)8(12)10(20(16,17)18)9(7)19(13,14)15/h1-4H,(H,13,14,15)(H,16,17,18). The third-order valence-corrected chi connectivity index (χ3v) is 4.49. The molecule has 0 aliphatic heterocycles. The molecule has 0 spiro atoms. The van der Waals surface area contributed by atoms with Gasteiger partial charge in [-0.25, -0.2) is 0 Å². The molecule has 0 bridgehead atoms. The van der Waals surface area contributed by atoms with Gasteiger partial charge in [0.05, 0.1) is 0 Å². The average molecular weight is 318 g/mol. The van der Waals surface area contributed by atoms with E-state index in [-0.39, 0.29) is 11.1 Å². The SMILES string of the molecule is O=C1C(S(=O)(=O)O)=C(S(=O)(=O)O)C(=O)c2ccccc21. The zero-order valence-corrected chi connectivity index (χ0v) is 11.1. The summed E-state index contributed by atoms with van der Waals surface area (Å²) in [6.07, 6.45) is 0. The normalized spacial score (nSPS) is 16.3. The lowest BCUT2D eigenvalue weighted by atomic mass is 9.94. The van der Waals surface area contributed by atoms with Gasteiger partial charge in [-0.3, -0.25) is 18.7 Å². The van der Waals surface area contributed by atoms with E-state index in [0.717, 1.165) is 12.1 Å². The van der Waals surface area contributed by atoms with Crippen LogP contribution in [-0.4, -0.2) is 37.5 Å². The molecule has 2 rings (SSSR count). The van der Waals surface area contributed by atoms with Gasteiger partial charge < -0.3 is 0 Å². The fourth-order valence-electron chi connectivity index (χ4n) is 1.80. The molecule has 0 unspecified atom stereocenters. The van der Waals surface area contributed by atoms with Gasteiger partial charge in [0, 0.05) is 11.1 Å². The van der Waals surface area contributed by atoms with Gasteiger partial charge in [0.2, 0.25) is 11.6 Å². The second-order valence-corrected chi connectivity index (χ2v) is 6.53. The lowest BCUT2D eigenvalue weighted by Gasteiger charge is -2.17. The van der Waals surface area contributed by atoms with Crippen LogP contribution < -0.4 is 0 Å². The van der Waals surface area contributed by atoms with Crippen LogP contribution in [0.2, 0.25) is 0 Å². The fraction of sp³-hybridized carbons (Fsp3) is 0. The van der Waals surface area contributed by atoms with Crippen molar-refractivity contribution < 1.29 is 35.5 Å². The first-order valence-electron chi connectivity index (χ1n) is 4.93. The summed E-state index contributed by atoms with van der Waals surface area (Å²) in [5, 5.41) is 0. The van der Waals surface area contributed by atoms with Crippen molar-refractivity contribution in [2.24, 2.45) is 0 Å². The molecule has 20 heavy (non-hydrogen) atoms. The molecule has 1 aromatic carbocycles. The Balaban J connectivity index is 2.98. The highest BCUT2D eigenvalue weighted by Crippen LogP contribution is 2.31. The lowest BCUT2D eigenvalue weighted by molar-refractivity contribution is 0.0984. The van der Waals surface area contributed by atoms with Crippen LogP contribution >= 0.6 is 0 Å². The molecule has 0 saturated carbocycles. The Hall–Kier alpha value is -1.88. The zero-order chi connectivity index (χ0) is 15.3. The van der Waals surface area contributed by atoms with E-state index in [1.165, 1.54) is 12.1 Å². The summed E-state index contributed by atoms with van der Waals surface area (Å²) < 4.78 is 62.5. The summed E-state index contributed by atoms with van der Waals surface area (Å²) in [6.45, 7) is 0. The fourth-order valence-corrected chi connectivity index (χ4v) is 3.77. The van der Waals surface area contributed by atoms with E-state index in [2.05, 4.69) is 0 Å². The monoisotopic (exact) mass is 318 g/mol. The maximum Gasteiger partial charge on any atom is 0.300 e. The van der Waals surface area contributed by atoms with Gasteiger partial charge in [-0.2, -0.15) is 16.8 Å². The predicted molar refractivity (Wildman–Crippen MR) is 65.2 cm³/mol. The Morgan fingerprint density at radius 1 is 0.700 bits per heavy atom. The Kier molecular flexibility index (Phi) is 3.13. The molecule has 10 heteroatoms. The highest BCUT2D eigenvalue weighted by molar-refractivity contribution is 7.95. The van der Waals surface area contributed by atoms with Gasteiger partial charge >= 0.3 is 0 Å². The smallest absolute Gasteiger partial charge is 0.288 e. The van der Waals surface area contributed by atoms with Crippen LogP contribution in [0.4, 0.5) is 0 Å². The van der Waals surface area contributed by atoms with E-state index >= 15 is 0 Å². The van der Waals surface area contributed by atoms with Crippen molar-refractivity contribution in [3.8, 4) is 0 Å². The van der Waals surface area contributed by atoms with Crippen molar-refractivity contribution in [1.29, 1.82) is 0 Å². The van der Waals surface area contributed by atoms with Crippen LogP contribution in [0, 0.1) is 0 Å². The quantitative estimate of drug-likeness (QED) is 0.728. The maximum absolute atomic E-state index is 11.9. The summed E-state index contributed by atoms with van der Waals surface area (Å²) >= 11 is 0. The van der Waals surface area contributed by atoms with Gasteiger partial charge in [-0.1, -0.05) is 24.3 Å². The van der Waals surface area contributed by atoms with E-state index in [1.54, 1.807) is 0 Å². The van der Waals surface area contributed by atoms with Crippen molar-refractivity contribution in [3.05, 3.63) is 45.2 Å². The third-order valence-electron chi connectivity index (χ3n) is 2.55. The van der Waals surface area contributed by atoms with Crippen molar-refractivity contribution in [1.82, 2.24) is 0 Å². The number of fused-ring (bicyclic) bond motifs is 1. The molecule has 0 fully saturated rings. The number of Topliss-reactive ketones (excluding diaryl/α,β-unsaturated/α-hetero) is 2. The molecule has 2 N–H and O–H groups in total. The van der Waals surface area contributed by atoms with E-state index in [4.69, 9.17) is 9.11 Å². The number of hydrogen-bond donors (Lipinski definition) is 2. The summed E-state index contributed by atoms with van der Waals surface area (Å²) in [6, 6.07) is 4.84. The van der Waals surface area contributed by atoms with Crippen LogP contribution in [0.1, 0.15) is 20.7 Å². The van der Waals surface area contributed by atoms with Gasteiger partial charge in [0.25, 0.3) is 20.2 Å². The Morgan fingerprint density at radius 2 is 1.00 bits per heavy atom. The molecule has 0 saturated heterocycles. The first kappa shape index (κ1) is 14.5. The zero-order valence-electron chi connectivity index (χ0n) is 9.47. The molecule has 1 aliphatic rings. The van der Waals surface area contributed by atoms with E-state index < -0.39 is 41.6 Å². The number of benzene rings is 1. The first-order chi connectivity index (χ1) is 9.05. The molecular formula is C10H6O8S2. The first-order valence-corrected chi connectivity index (χ1v) is 7.81. The molecule has 106 valence electrons. The highest BCUT2D eigenvalue weighted by Gasteiger charge is 2.43. The lowest BCUT2D eigenvalue weighted by Crippen LogP contribution is -2.29. The molecule has 0 amide bonds. The second kappa shape index (κ2) is 4.31.